The highest BCUT2D eigenvalue weighted by Gasteiger charge is 2.18. The topological polar surface area (TPSA) is 25.0 Å². The minimum Gasteiger partial charge on any atom is -0.457 e. The van der Waals surface area contributed by atoms with Gasteiger partial charge in [0.1, 0.15) is 11.5 Å². The largest absolute Gasteiger partial charge is 0.457 e. The number of fused-ring (bicyclic) bond motifs is 1. The fraction of sp³-hybridized carbons (Fsp3) is 0.0870. The number of H-pyrrole nitrogens is 1. The number of aromatic nitrogens is 1. The fourth-order valence-corrected chi connectivity index (χ4v) is 3.58. The molecule has 3 aromatic carbocycles. The van der Waals surface area contributed by atoms with Crippen molar-refractivity contribution in [3.8, 4) is 11.5 Å². The van der Waals surface area contributed by atoms with E-state index in [0.29, 0.717) is 0 Å². The summed E-state index contributed by atoms with van der Waals surface area (Å²) in [6, 6.07) is 24.0. The van der Waals surface area contributed by atoms with Crippen molar-refractivity contribution >= 4 is 22.5 Å². The fourth-order valence-electron chi connectivity index (χ4n) is 3.35. The number of rotatable bonds is 5. The number of halogens is 1. The normalized spacial score (nSPS) is 12.2. The zero-order chi connectivity index (χ0) is 17.9. The first-order valence-electron chi connectivity index (χ1n) is 8.64. The summed E-state index contributed by atoms with van der Waals surface area (Å²) in [5.74, 6) is 1.82. The highest BCUT2D eigenvalue weighted by Crippen LogP contribution is 2.36. The van der Waals surface area contributed by atoms with E-state index < -0.39 is 0 Å². The van der Waals surface area contributed by atoms with E-state index in [4.69, 9.17) is 16.3 Å². The third-order valence-electron chi connectivity index (χ3n) is 4.60. The molecular weight excluding hydrogens is 342 g/mol. The van der Waals surface area contributed by atoms with Crippen LogP contribution in [0.2, 0.25) is 5.02 Å². The molecule has 0 saturated carbocycles. The molecule has 1 unspecified atom stereocenters. The van der Waals surface area contributed by atoms with Crippen LogP contribution in [0.3, 0.4) is 0 Å². The number of benzene rings is 3. The molecule has 129 valence electrons. The second kappa shape index (κ2) is 7.27. The predicted molar refractivity (Wildman–Crippen MR) is 108 cm³/mol. The molecule has 1 N–H and O–H groups in total. The summed E-state index contributed by atoms with van der Waals surface area (Å²) in [5, 5.41) is 1.87. The number of para-hydroxylation sites is 2. The zero-order valence-corrected chi connectivity index (χ0v) is 15.0. The van der Waals surface area contributed by atoms with Crippen molar-refractivity contribution in [1.29, 1.82) is 0 Å². The van der Waals surface area contributed by atoms with Gasteiger partial charge in [-0.1, -0.05) is 61.0 Å². The van der Waals surface area contributed by atoms with E-state index in [1.165, 1.54) is 11.1 Å². The Balaban J connectivity index is 1.70. The van der Waals surface area contributed by atoms with Gasteiger partial charge in [0, 0.05) is 17.5 Å². The minimum absolute atomic E-state index is 0.168. The number of hydrogen-bond acceptors (Lipinski definition) is 1. The van der Waals surface area contributed by atoms with Gasteiger partial charge >= 0.3 is 0 Å². The first kappa shape index (κ1) is 16.7. The molecule has 0 aliphatic carbocycles. The van der Waals surface area contributed by atoms with Crippen LogP contribution in [0.5, 0.6) is 11.5 Å². The molecule has 0 fully saturated rings. The Labute approximate surface area is 158 Å². The van der Waals surface area contributed by atoms with E-state index in [1.807, 2.05) is 60.8 Å². The van der Waals surface area contributed by atoms with Crippen LogP contribution in [0.1, 0.15) is 23.5 Å². The second-order valence-electron chi connectivity index (χ2n) is 6.24. The minimum atomic E-state index is 0.168. The van der Waals surface area contributed by atoms with Gasteiger partial charge in [0.05, 0.1) is 10.5 Å². The Kier molecular flexibility index (Phi) is 4.68. The van der Waals surface area contributed by atoms with Gasteiger partial charge < -0.3 is 9.72 Å². The lowest BCUT2D eigenvalue weighted by molar-refractivity contribution is 0.481. The standard InChI is InChI=1S/C23H19ClNO/c1-2-19(21-15-25-23-20(21)12-7-13-22(23)24)16-8-6-11-18(14-16)26-17-9-4-3-5-10-17/h3-15,19,25H,1-2H2. The van der Waals surface area contributed by atoms with Gasteiger partial charge in [-0.05, 0) is 47.9 Å². The first-order chi connectivity index (χ1) is 12.8. The van der Waals surface area contributed by atoms with Crippen molar-refractivity contribution in [2.24, 2.45) is 0 Å². The Morgan fingerprint density at radius 3 is 2.50 bits per heavy atom. The van der Waals surface area contributed by atoms with Gasteiger partial charge in [0.2, 0.25) is 0 Å². The summed E-state index contributed by atoms with van der Waals surface area (Å²) in [6.07, 6.45) is 2.78. The lowest BCUT2D eigenvalue weighted by atomic mass is 9.89. The first-order valence-corrected chi connectivity index (χ1v) is 9.01. The van der Waals surface area contributed by atoms with E-state index in [-0.39, 0.29) is 5.92 Å². The summed E-state index contributed by atoms with van der Waals surface area (Å²) < 4.78 is 5.99. The average Bonchev–Trinajstić information content (AvgIpc) is 3.09. The van der Waals surface area contributed by atoms with Crippen molar-refractivity contribution in [1.82, 2.24) is 4.98 Å². The molecule has 1 radical (unpaired) electrons. The Morgan fingerprint density at radius 2 is 1.69 bits per heavy atom. The molecule has 0 saturated heterocycles. The molecule has 0 aliphatic rings. The average molecular weight is 361 g/mol. The van der Waals surface area contributed by atoms with Crippen molar-refractivity contribution in [3.05, 3.63) is 102 Å². The van der Waals surface area contributed by atoms with Crippen LogP contribution < -0.4 is 4.74 Å². The maximum atomic E-state index is 6.31. The SMILES string of the molecule is [CH2]CC(c1cccc(Oc2ccccc2)c1)c1c[nH]c2c(Cl)cccc12. The molecule has 1 heterocycles. The van der Waals surface area contributed by atoms with Crippen LogP contribution in [-0.2, 0) is 0 Å². The van der Waals surface area contributed by atoms with Crippen LogP contribution in [0, 0.1) is 6.92 Å². The summed E-state index contributed by atoms with van der Waals surface area (Å²) in [5.41, 5.74) is 3.35. The van der Waals surface area contributed by atoms with Crippen LogP contribution >= 0.6 is 11.6 Å². The quantitative estimate of drug-likeness (QED) is 0.408. The lowest BCUT2D eigenvalue weighted by Gasteiger charge is -2.16. The van der Waals surface area contributed by atoms with Crippen molar-refractivity contribution in [2.75, 3.05) is 0 Å². The van der Waals surface area contributed by atoms with Crippen LogP contribution in [-0.4, -0.2) is 4.98 Å². The van der Waals surface area contributed by atoms with Crippen LogP contribution in [0.25, 0.3) is 10.9 Å². The van der Waals surface area contributed by atoms with E-state index >= 15 is 0 Å². The summed E-state index contributed by atoms with van der Waals surface area (Å²) >= 11 is 6.31. The summed E-state index contributed by atoms with van der Waals surface area (Å²) in [4.78, 5) is 3.30. The molecule has 1 atom stereocenters. The van der Waals surface area contributed by atoms with E-state index in [0.717, 1.165) is 33.8 Å². The number of hydrogen-bond donors (Lipinski definition) is 1. The molecule has 0 bridgehead atoms. The van der Waals surface area contributed by atoms with Crippen LogP contribution in [0.15, 0.2) is 79.0 Å². The Morgan fingerprint density at radius 1 is 0.923 bits per heavy atom. The zero-order valence-electron chi connectivity index (χ0n) is 14.3. The molecule has 4 rings (SSSR count). The predicted octanol–water partition coefficient (Wildman–Crippen LogP) is 6.97. The molecule has 4 aromatic rings. The molecular formula is C23H19ClNO. The van der Waals surface area contributed by atoms with Gasteiger partial charge in [-0.2, -0.15) is 0 Å². The van der Waals surface area contributed by atoms with E-state index in [1.54, 1.807) is 0 Å². The van der Waals surface area contributed by atoms with Crippen molar-refractivity contribution in [2.45, 2.75) is 12.3 Å². The van der Waals surface area contributed by atoms with Crippen molar-refractivity contribution in [3.63, 3.8) is 0 Å². The third-order valence-corrected chi connectivity index (χ3v) is 4.92. The lowest BCUT2D eigenvalue weighted by Crippen LogP contribution is -1.99. The van der Waals surface area contributed by atoms with E-state index in [2.05, 4.69) is 30.1 Å². The molecule has 0 aliphatic heterocycles. The number of ether oxygens (including phenoxy) is 1. The molecule has 0 amide bonds. The smallest absolute Gasteiger partial charge is 0.127 e. The van der Waals surface area contributed by atoms with E-state index in [9.17, 15) is 0 Å². The molecule has 0 spiro atoms. The molecule has 2 nitrogen and oxygen atoms in total. The monoisotopic (exact) mass is 360 g/mol. The number of aromatic amines is 1. The van der Waals surface area contributed by atoms with Crippen molar-refractivity contribution < 1.29 is 4.74 Å². The summed E-state index contributed by atoms with van der Waals surface area (Å²) in [7, 11) is 0. The van der Waals surface area contributed by atoms with Crippen LogP contribution in [0.4, 0.5) is 0 Å². The second-order valence-corrected chi connectivity index (χ2v) is 6.64. The number of nitrogens with one attached hydrogen (secondary N) is 1. The highest BCUT2D eigenvalue weighted by molar-refractivity contribution is 6.35. The van der Waals surface area contributed by atoms with Gasteiger partial charge in [-0.3, -0.25) is 0 Å². The van der Waals surface area contributed by atoms with Gasteiger partial charge in [-0.25, -0.2) is 0 Å². The highest BCUT2D eigenvalue weighted by atomic mass is 35.5. The Bertz CT molecular complexity index is 1020. The third kappa shape index (κ3) is 3.21. The molecule has 3 heteroatoms. The molecule has 26 heavy (non-hydrogen) atoms. The van der Waals surface area contributed by atoms with Gasteiger partial charge in [0.25, 0.3) is 0 Å². The van der Waals surface area contributed by atoms with Gasteiger partial charge in [0.15, 0.2) is 0 Å². The summed E-state index contributed by atoms with van der Waals surface area (Å²) in [6.45, 7) is 4.17. The maximum absolute atomic E-state index is 6.31. The maximum Gasteiger partial charge on any atom is 0.127 e. The van der Waals surface area contributed by atoms with Gasteiger partial charge in [-0.15, -0.1) is 0 Å². The molecule has 1 aromatic heterocycles. The Hall–Kier alpha value is -2.71.